The molecule has 0 heterocycles. The molecule has 0 aliphatic heterocycles. The van der Waals surface area contributed by atoms with Crippen LogP contribution in [-0.4, -0.2) is 13.2 Å². The molecular weight excluding hydrogens is 526 g/mol. The number of rotatable bonds is 8. The molecule has 0 radical (unpaired) electrons. The third kappa shape index (κ3) is 4.69. The van der Waals surface area contributed by atoms with E-state index in [1.807, 2.05) is 19.9 Å². The Morgan fingerprint density at radius 2 is 1.00 bits per heavy atom. The molecule has 0 saturated carbocycles. The van der Waals surface area contributed by atoms with Crippen molar-refractivity contribution in [3.05, 3.63) is 109 Å². The van der Waals surface area contributed by atoms with Crippen molar-refractivity contribution in [2.75, 3.05) is 13.2 Å². The van der Waals surface area contributed by atoms with Gasteiger partial charge in [0.15, 0.2) is 11.1 Å². The standard InChI is InChI=1S/C28H28O2P.HI/c1-3-29-23-20-21-27(30-4-2)28(22-23)31(24-14-8-5-9-15-24,25-16-10-6-11-17-25)26-18-12-7-13-19-26;/h5-22H,3-4H2,1-2H3;1H/q+1;. The third-order valence-corrected chi connectivity index (χ3v) is 9.62. The SMILES string of the molecule is CCOc1ccc(OCC)c([P+](c2ccccc2)(c2ccccc2)c2ccccc2)c1.I. The van der Waals surface area contributed by atoms with Crippen molar-refractivity contribution in [1.82, 2.24) is 0 Å². The predicted octanol–water partition coefficient (Wildman–Crippen LogP) is 5.72. The van der Waals surface area contributed by atoms with Gasteiger partial charge in [-0.05, 0) is 62.4 Å². The number of hydrogen-bond donors (Lipinski definition) is 0. The Morgan fingerprint density at radius 3 is 1.41 bits per heavy atom. The van der Waals surface area contributed by atoms with Crippen LogP contribution in [0.2, 0.25) is 0 Å². The van der Waals surface area contributed by atoms with E-state index in [0.717, 1.165) is 11.5 Å². The summed E-state index contributed by atoms with van der Waals surface area (Å²) in [6, 6.07) is 38.7. The summed E-state index contributed by atoms with van der Waals surface area (Å²) in [7, 11) is -2.23. The van der Waals surface area contributed by atoms with Crippen LogP contribution in [0.4, 0.5) is 0 Å². The van der Waals surface area contributed by atoms with Crippen LogP contribution in [-0.2, 0) is 0 Å². The molecular formula is C28H29IO2P+. The van der Waals surface area contributed by atoms with Gasteiger partial charge in [0.2, 0.25) is 0 Å². The summed E-state index contributed by atoms with van der Waals surface area (Å²) >= 11 is 0. The first-order chi connectivity index (χ1) is 15.3. The van der Waals surface area contributed by atoms with Crippen LogP contribution in [0.1, 0.15) is 13.8 Å². The molecule has 4 heteroatoms. The third-order valence-electron chi connectivity index (χ3n) is 5.33. The minimum Gasteiger partial charge on any atom is -0.494 e. The Labute approximate surface area is 209 Å². The Balaban J connectivity index is 0.00000289. The highest BCUT2D eigenvalue weighted by Crippen LogP contribution is 2.56. The van der Waals surface area contributed by atoms with Crippen LogP contribution < -0.4 is 30.7 Å². The van der Waals surface area contributed by atoms with Crippen molar-refractivity contribution in [1.29, 1.82) is 0 Å². The van der Waals surface area contributed by atoms with Gasteiger partial charge in [0.25, 0.3) is 0 Å². The van der Waals surface area contributed by atoms with Crippen LogP contribution in [0.5, 0.6) is 11.5 Å². The van der Waals surface area contributed by atoms with E-state index in [2.05, 4.69) is 103 Å². The second-order valence-corrected chi connectivity index (χ2v) is 10.5. The van der Waals surface area contributed by atoms with E-state index >= 15 is 0 Å². The average Bonchev–Trinajstić information content (AvgIpc) is 2.84. The molecule has 0 aliphatic carbocycles. The van der Waals surface area contributed by atoms with Gasteiger partial charge < -0.3 is 9.47 Å². The normalized spacial score (nSPS) is 10.8. The molecule has 164 valence electrons. The molecule has 0 saturated heterocycles. The van der Waals surface area contributed by atoms with Gasteiger partial charge in [-0.25, -0.2) is 0 Å². The molecule has 32 heavy (non-hydrogen) atoms. The largest absolute Gasteiger partial charge is 0.494 e. The van der Waals surface area contributed by atoms with E-state index in [0.29, 0.717) is 13.2 Å². The summed E-state index contributed by atoms with van der Waals surface area (Å²) in [6.45, 7) is 5.29. The van der Waals surface area contributed by atoms with E-state index in [1.165, 1.54) is 21.2 Å². The fraction of sp³-hybridized carbons (Fsp3) is 0.143. The first-order valence-corrected chi connectivity index (χ1v) is 12.6. The molecule has 0 spiro atoms. The molecule has 0 aliphatic rings. The molecule has 0 amide bonds. The molecule has 0 aromatic heterocycles. The van der Waals surface area contributed by atoms with Crippen LogP contribution in [0.3, 0.4) is 0 Å². The Morgan fingerprint density at radius 1 is 0.562 bits per heavy atom. The molecule has 4 aromatic rings. The van der Waals surface area contributed by atoms with Crippen molar-refractivity contribution in [3.8, 4) is 11.5 Å². The van der Waals surface area contributed by atoms with Gasteiger partial charge in [-0.2, -0.15) is 0 Å². The quantitative estimate of drug-likeness (QED) is 0.205. The van der Waals surface area contributed by atoms with Crippen LogP contribution in [0.15, 0.2) is 109 Å². The fourth-order valence-electron chi connectivity index (χ4n) is 4.11. The Hall–Kier alpha value is -2.36. The number of benzene rings is 4. The summed E-state index contributed by atoms with van der Waals surface area (Å²) in [5.41, 5.74) is 0. The molecule has 0 atom stereocenters. The predicted molar refractivity (Wildman–Crippen MR) is 149 cm³/mol. The first-order valence-electron chi connectivity index (χ1n) is 10.8. The molecule has 0 fully saturated rings. The molecule has 0 bridgehead atoms. The highest BCUT2D eigenvalue weighted by Gasteiger charge is 2.50. The lowest BCUT2D eigenvalue weighted by atomic mass is 10.3. The van der Waals surface area contributed by atoms with Gasteiger partial charge in [0.05, 0.1) is 13.2 Å². The van der Waals surface area contributed by atoms with E-state index in [1.54, 1.807) is 0 Å². The van der Waals surface area contributed by atoms with Gasteiger partial charge >= 0.3 is 0 Å². The summed E-state index contributed by atoms with van der Waals surface area (Å²) in [5.74, 6) is 1.78. The summed E-state index contributed by atoms with van der Waals surface area (Å²) in [5, 5.41) is 5.06. The molecule has 0 unspecified atom stereocenters. The smallest absolute Gasteiger partial charge is 0.162 e. The second kappa shape index (κ2) is 11.5. The molecule has 2 nitrogen and oxygen atoms in total. The molecule has 4 aromatic carbocycles. The van der Waals surface area contributed by atoms with Crippen molar-refractivity contribution in [2.45, 2.75) is 13.8 Å². The zero-order valence-electron chi connectivity index (χ0n) is 18.5. The Bertz CT molecular complexity index is 1010. The molecule has 4 rings (SSSR count). The monoisotopic (exact) mass is 555 g/mol. The highest BCUT2D eigenvalue weighted by atomic mass is 127. The van der Waals surface area contributed by atoms with Crippen molar-refractivity contribution >= 4 is 52.5 Å². The van der Waals surface area contributed by atoms with E-state index in [4.69, 9.17) is 9.47 Å². The zero-order valence-corrected chi connectivity index (χ0v) is 21.7. The van der Waals surface area contributed by atoms with Gasteiger partial charge in [-0.3, -0.25) is 0 Å². The Kier molecular flexibility index (Phi) is 8.72. The summed E-state index contributed by atoms with van der Waals surface area (Å²) in [6.07, 6.45) is 0. The van der Waals surface area contributed by atoms with Crippen LogP contribution in [0.25, 0.3) is 0 Å². The molecule has 0 N–H and O–H groups in total. The number of ether oxygens (including phenoxy) is 2. The van der Waals surface area contributed by atoms with E-state index in [-0.39, 0.29) is 24.0 Å². The lowest BCUT2D eigenvalue weighted by Gasteiger charge is -2.29. The van der Waals surface area contributed by atoms with E-state index in [9.17, 15) is 0 Å². The first kappa shape index (κ1) is 24.3. The fourth-order valence-corrected chi connectivity index (χ4v) is 8.49. The lowest BCUT2D eigenvalue weighted by molar-refractivity contribution is 0.333. The lowest BCUT2D eigenvalue weighted by Crippen LogP contribution is -2.39. The maximum atomic E-state index is 6.21. The number of halogens is 1. The van der Waals surface area contributed by atoms with Crippen molar-refractivity contribution in [3.63, 3.8) is 0 Å². The number of hydrogen-bond acceptors (Lipinski definition) is 2. The second-order valence-electron chi connectivity index (χ2n) is 7.17. The van der Waals surface area contributed by atoms with Crippen LogP contribution in [0, 0.1) is 0 Å². The minimum absolute atomic E-state index is 0. The minimum atomic E-state index is -2.23. The summed E-state index contributed by atoms with van der Waals surface area (Å²) in [4.78, 5) is 0. The van der Waals surface area contributed by atoms with Crippen LogP contribution >= 0.6 is 31.2 Å². The van der Waals surface area contributed by atoms with Gasteiger partial charge in [0.1, 0.15) is 28.9 Å². The summed E-state index contributed by atoms with van der Waals surface area (Å²) < 4.78 is 12.2. The highest BCUT2D eigenvalue weighted by molar-refractivity contribution is 14.0. The maximum absolute atomic E-state index is 6.21. The average molecular weight is 555 g/mol. The zero-order chi connectivity index (χ0) is 21.5. The van der Waals surface area contributed by atoms with Crippen molar-refractivity contribution < 1.29 is 9.47 Å². The maximum Gasteiger partial charge on any atom is 0.162 e. The topological polar surface area (TPSA) is 18.5 Å². The van der Waals surface area contributed by atoms with Gasteiger partial charge in [-0.15, -0.1) is 24.0 Å². The van der Waals surface area contributed by atoms with Gasteiger partial charge in [-0.1, -0.05) is 54.6 Å². The van der Waals surface area contributed by atoms with E-state index < -0.39 is 7.26 Å². The van der Waals surface area contributed by atoms with Crippen molar-refractivity contribution in [2.24, 2.45) is 0 Å². The van der Waals surface area contributed by atoms with Gasteiger partial charge in [0, 0.05) is 6.07 Å².